The van der Waals surface area contributed by atoms with Crippen molar-refractivity contribution < 1.29 is 0 Å². The number of benzene rings is 1. The van der Waals surface area contributed by atoms with Crippen molar-refractivity contribution in [3.8, 4) is 0 Å². The normalized spacial score (nSPS) is 19.3. The Morgan fingerprint density at radius 1 is 0.966 bits per heavy atom. The number of fused-ring (bicyclic) bond motifs is 2. The van der Waals surface area contributed by atoms with Crippen molar-refractivity contribution >= 4 is 17.5 Å². The number of aromatic nitrogens is 2. The van der Waals surface area contributed by atoms with E-state index in [0.717, 1.165) is 32.4 Å². The lowest BCUT2D eigenvalue weighted by molar-refractivity contribution is 0.444. The molecule has 1 aliphatic carbocycles. The van der Waals surface area contributed by atoms with Crippen molar-refractivity contribution in [2.75, 3.05) is 13.1 Å². The summed E-state index contributed by atoms with van der Waals surface area (Å²) >= 11 is 1.82. The lowest BCUT2D eigenvalue weighted by Gasteiger charge is -2.29. The Kier molecular flexibility index (Phi) is 5.21. The first-order chi connectivity index (χ1) is 14.3. The van der Waals surface area contributed by atoms with Crippen molar-refractivity contribution in [1.82, 2.24) is 14.3 Å². The fourth-order valence-corrected chi connectivity index (χ4v) is 5.45. The van der Waals surface area contributed by atoms with Gasteiger partial charge in [-0.3, -0.25) is 9.97 Å². The molecule has 1 aliphatic heterocycles. The second-order valence-corrected chi connectivity index (χ2v) is 9.07. The van der Waals surface area contributed by atoms with E-state index >= 15 is 0 Å². The third kappa shape index (κ3) is 3.87. The van der Waals surface area contributed by atoms with Gasteiger partial charge in [0, 0.05) is 42.1 Å². The Hall–Kier alpha value is -2.43. The number of rotatable bonds is 2. The molecule has 1 saturated heterocycles. The van der Waals surface area contributed by atoms with Gasteiger partial charge in [-0.25, -0.2) is 4.31 Å². The fraction of sp³-hybridized carbons (Fsp3) is 0.280. The molecule has 0 bridgehead atoms. The van der Waals surface area contributed by atoms with E-state index in [9.17, 15) is 0 Å². The zero-order valence-electron chi connectivity index (χ0n) is 16.8. The van der Waals surface area contributed by atoms with E-state index in [-0.39, 0.29) is 0 Å². The summed E-state index contributed by atoms with van der Waals surface area (Å²) in [6.07, 6.45) is 10.2. The zero-order valence-corrected chi connectivity index (χ0v) is 17.6. The maximum absolute atomic E-state index is 4.87. The molecule has 1 fully saturated rings. The molecular formula is C25H25N3S. The first-order valence-corrected chi connectivity index (χ1v) is 11.1. The van der Waals surface area contributed by atoms with Crippen LogP contribution in [-0.4, -0.2) is 27.4 Å². The van der Waals surface area contributed by atoms with E-state index in [1.807, 2.05) is 36.6 Å². The minimum absolute atomic E-state index is 0.970. The summed E-state index contributed by atoms with van der Waals surface area (Å²) in [5.41, 5.74) is 9.65. The van der Waals surface area contributed by atoms with Gasteiger partial charge in [-0.2, -0.15) is 0 Å². The molecule has 0 spiro atoms. The summed E-state index contributed by atoms with van der Waals surface area (Å²) in [6, 6.07) is 15.4. The maximum atomic E-state index is 4.87. The van der Waals surface area contributed by atoms with E-state index in [4.69, 9.17) is 4.98 Å². The largest absolute Gasteiger partial charge is 0.264 e. The first kappa shape index (κ1) is 18.6. The minimum Gasteiger partial charge on any atom is -0.264 e. The van der Waals surface area contributed by atoms with Crippen LogP contribution >= 0.6 is 11.9 Å². The van der Waals surface area contributed by atoms with E-state index in [2.05, 4.69) is 52.6 Å². The Morgan fingerprint density at radius 3 is 2.76 bits per heavy atom. The Labute approximate surface area is 177 Å². The SMILES string of the molecule is Cc1ccc2c(c1)CCc1cccnc1/C2=C1\CCCN(Sc2cccnc2)C1. The van der Waals surface area contributed by atoms with Crippen LogP contribution in [0.3, 0.4) is 0 Å². The molecule has 1 aromatic carbocycles. The van der Waals surface area contributed by atoms with E-state index in [1.54, 1.807) is 0 Å². The van der Waals surface area contributed by atoms with E-state index in [0.29, 0.717) is 0 Å². The number of nitrogens with zero attached hydrogens (tertiary/aromatic N) is 3. The van der Waals surface area contributed by atoms with Crippen molar-refractivity contribution in [3.63, 3.8) is 0 Å². The van der Waals surface area contributed by atoms with E-state index < -0.39 is 0 Å². The van der Waals surface area contributed by atoms with Gasteiger partial charge in [-0.1, -0.05) is 29.8 Å². The van der Waals surface area contributed by atoms with Gasteiger partial charge in [0.2, 0.25) is 0 Å². The molecule has 2 aromatic heterocycles. The molecule has 3 aromatic rings. The van der Waals surface area contributed by atoms with Gasteiger partial charge in [-0.15, -0.1) is 0 Å². The van der Waals surface area contributed by atoms with Crippen LogP contribution in [0.1, 0.15) is 40.8 Å². The third-order valence-electron chi connectivity index (χ3n) is 5.80. The summed E-state index contributed by atoms with van der Waals surface area (Å²) in [6.45, 7) is 4.26. The standard InChI is InChI=1S/C25H25N3S/c1-18-8-11-23-20(15-18)10-9-19-5-2-13-27-25(19)24(23)21-6-4-14-28(17-21)29-22-7-3-12-26-16-22/h2-3,5,7-8,11-13,15-16H,4,6,9-10,14,17H2,1H3/b24-21+. The lowest BCUT2D eigenvalue weighted by atomic mass is 9.89. The highest BCUT2D eigenvalue weighted by molar-refractivity contribution is 7.97. The molecule has 5 rings (SSSR count). The van der Waals surface area contributed by atoms with E-state index in [1.165, 1.54) is 50.4 Å². The molecule has 2 aliphatic rings. The number of piperidine rings is 1. The monoisotopic (exact) mass is 399 g/mol. The van der Waals surface area contributed by atoms with Gasteiger partial charge < -0.3 is 0 Å². The van der Waals surface area contributed by atoms with Crippen LogP contribution in [0.4, 0.5) is 0 Å². The molecular weight excluding hydrogens is 374 g/mol. The lowest BCUT2D eigenvalue weighted by Crippen LogP contribution is -2.26. The fourth-order valence-electron chi connectivity index (χ4n) is 4.47. The molecule has 29 heavy (non-hydrogen) atoms. The zero-order chi connectivity index (χ0) is 19.6. The predicted octanol–water partition coefficient (Wildman–Crippen LogP) is 5.49. The minimum atomic E-state index is 0.970. The third-order valence-corrected chi connectivity index (χ3v) is 6.82. The highest BCUT2D eigenvalue weighted by Crippen LogP contribution is 2.38. The van der Waals surface area contributed by atoms with Crippen LogP contribution in [0.5, 0.6) is 0 Å². The molecule has 0 N–H and O–H groups in total. The van der Waals surface area contributed by atoms with Crippen LogP contribution in [0.25, 0.3) is 5.57 Å². The number of hydrogen-bond acceptors (Lipinski definition) is 4. The highest BCUT2D eigenvalue weighted by atomic mass is 32.2. The van der Waals surface area contributed by atoms with Crippen LogP contribution < -0.4 is 0 Å². The molecule has 3 nitrogen and oxygen atoms in total. The Balaban J connectivity index is 1.58. The predicted molar refractivity (Wildman–Crippen MR) is 120 cm³/mol. The summed E-state index contributed by atoms with van der Waals surface area (Å²) in [5, 5.41) is 0. The van der Waals surface area contributed by atoms with Gasteiger partial charge in [0.25, 0.3) is 0 Å². The molecule has 0 radical (unpaired) electrons. The van der Waals surface area contributed by atoms with Gasteiger partial charge in [-0.05, 0) is 85.0 Å². The van der Waals surface area contributed by atoms with Gasteiger partial charge in [0.05, 0.1) is 5.69 Å². The quantitative estimate of drug-likeness (QED) is 0.533. The molecule has 0 amide bonds. The molecule has 3 heterocycles. The second kappa shape index (κ2) is 8.13. The molecule has 146 valence electrons. The van der Waals surface area contributed by atoms with Crippen molar-refractivity contribution in [2.24, 2.45) is 0 Å². The topological polar surface area (TPSA) is 29.0 Å². The van der Waals surface area contributed by atoms with Crippen molar-refractivity contribution in [2.45, 2.75) is 37.5 Å². The summed E-state index contributed by atoms with van der Waals surface area (Å²) < 4.78 is 2.48. The van der Waals surface area contributed by atoms with Gasteiger partial charge in [0.1, 0.15) is 0 Å². The molecule has 0 saturated carbocycles. The molecule has 4 heteroatoms. The van der Waals surface area contributed by atoms with Crippen LogP contribution in [0.2, 0.25) is 0 Å². The second-order valence-electron chi connectivity index (χ2n) is 7.90. The first-order valence-electron chi connectivity index (χ1n) is 10.4. The Morgan fingerprint density at radius 2 is 1.86 bits per heavy atom. The average Bonchev–Trinajstić information content (AvgIpc) is 2.91. The van der Waals surface area contributed by atoms with Crippen LogP contribution in [-0.2, 0) is 12.8 Å². The molecule has 0 atom stereocenters. The van der Waals surface area contributed by atoms with Crippen molar-refractivity contribution in [1.29, 1.82) is 0 Å². The number of pyridine rings is 2. The number of aryl methyl sites for hydroxylation is 3. The van der Waals surface area contributed by atoms with Crippen molar-refractivity contribution in [3.05, 3.63) is 94.6 Å². The summed E-state index contributed by atoms with van der Waals surface area (Å²) in [4.78, 5) is 10.3. The summed E-state index contributed by atoms with van der Waals surface area (Å²) in [7, 11) is 0. The smallest absolute Gasteiger partial charge is 0.0740 e. The Bertz CT molecular complexity index is 1060. The van der Waals surface area contributed by atoms with Gasteiger partial charge >= 0.3 is 0 Å². The highest BCUT2D eigenvalue weighted by Gasteiger charge is 2.25. The molecule has 0 unspecified atom stereocenters. The average molecular weight is 400 g/mol. The number of hydrogen-bond donors (Lipinski definition) is 0. The summed E-state index contributed by atoms with van der Waals surface area (Å²) in [5.74, 6) is 0. The van der Waals surface area contributed by atoms with Crippen LogP contribution in [0.15, 0.2) is 71.5 Å². The maximum Gasteiger partial charge on any atom is 0.0740 e. The van der Waals surface area contributed by atoms with Gasteiger partial charge in [0.15, 0.2) is 0 Å². The van der Waals surface area contributed by atoms with Crippen LogP contribution in [0, 0.1) is 6.92 Å².